The van der Waals surface area contributed by atoms with Crippen molar-refractivity contribution in [2.24, 2.45) is 0 Å². The Balaban J connectivity index is 2.17. The van der Waals surface area contributed by atoms with Crippen LogP contribution >= 0.6 is 7.37 Å². The van der Waals surface area contributed by atoms with Gasteiger partial charge in [-0.2, -0.15) is 0 Å². The van der Waals surface area contributed by atoms with Crippen LogP contribution in [0, 0.1) is 10.1 Å². The number of allylic oxidation sites excluding steroid dienone is 2. The molecule has 1 unspecified atom stereocenters. The Hall–Kier alpha value is -1.61. The van der Waals surface area contributed by atoms with Gasteiger partial charge >= 0.3 is 0 Å². The van der Waals surface area contributed by atoms with Gasteiger partial charge in [-0.1, -0.05) is 17.7 Å². The number of rotatable bonds is 3. The van der Waals surface area contributed by atoms with Crippen molar-refractivity contribution in [1.29, 1.82) is 0 Å². The molecule has 1 aliphatic rings. The van der Waals surface area contributed by atoms with Crippen molar-refractivity contribution in [3.63, 3.8) is 0 Å². The molecule has 0 radical (unpaired) electrons. The lowest BCUT2D eigenvalue weighted by Crippen LogP contribution is -1.97. The third kappa shape index (κ3) is 2.74. The summed E-state index contributed by atoms with van der Waals surface area (Å²) in [5.74, 6) is 0.297. The highest BCUT2D eigenvalue weighted by Crippen LogP contribution is 2.52. The molecule has 6 heteroatoms. The van der Waals surface area contributed by atoms with E-state index >= 15 is 0 Å². The molecule has 1 aromatic rings. The molecule has 90 valence electrons. The number of nitro groups is 1. The maximum absolute atomic E-state index is 12.2. The molecule has 17 heavy (non-hydrogen) atoms. The van der Waals surface area contributed by atoms with Crippen molar-refractivity contribution < 1.29 is 14.0 Å². The summed E-state index contributed by atoms with van der Waals surface area (Å²) >= 11 is 0. The van der Waals surface area contributed by atoms with Crippen molar-refractivity contribution in [2.75, 3.05) is 12.3 Å². The van der Waals surface area contributed by atoms with Crippen LogP contribution in [0.3, 0.4) is 0 Å². The SMILES string of the molecule is CC1=CCP(=O)(Oc2cccc([N+](=O)[O-])c2)C1. The highest BCUT2D eigenvalue weighted by atomic mass is 31.2. The fourth-order valence-electron chi connectivity index (χ4n) is 1.72. The second kappa shape index (κ2) is 4.34. The molecule has 0 N–H and O–H groups in total. The van der Waals surface area contributed by atoms with Gasteiger partial charge in [0.05, 0.1) is 23.3 Å². The number of benzene rings is 1. The van der Waals surface area contributed by atoms with Crippen molar-refractivity contribution in [3.8, 4) is 5.75 Å². The first-order valence-electron chi connectivity index (χ1n) is 5.16. The molecule has 0 fully saturated rings. The Kier molecular flexibility index (Phi) is 3.03. The second-order valence-corrected chi connectivity index (χ2v) is 6.54. The first kappa shape index (κ1) is 11.9. The summed E-state index contributed by atoms with van der Waals surface area (Å²) in [6, 6.07) is 5.78. The normalized spacial score (nSPS) is 23.2. The number of hydrogen-bond donors (Lipinski definition) is 0. The first-order valence-corrected chi connectivity index (χ1v) is 7.16. The molecule has 0 bridgehead atoms. The number of nitro benzene ring substituents is 1. The van der Waals surface area contributed by atoms with Gasteiger partial charge < -0.3 is 4.52 Å². The van der Waals surface area contributed by atoms with Gasteiger partial charge in [0.25, 0.3) is 13.1 Å². The number of hydrogen-bond acceptors (Lipinski definition) is 4. The highest BCUT2D eigenvalue weighted by molar-refractivity contribution is 7.60. The Morgan fingerprint density at radius 2 is 2.24 bits per heavy atom. The minimum Gasteiger partial charge on any atom is -0.442 e. The van der Waals surface area contributed by atoms with Gasteiger partial charge in [0.2, 0.25) is 0 Å². The molecule has 2 rings (SSSR count). The maximum Gasteiger partial charge on any atom is 0.273 e. The van der Waals surface area contributed by atoms with Gasteiger partial charge in [0, 0.05) is 6.07 Å². The van der Waals surface area contributed by atoms with E-state index in [1.165, 1.54) is 18.2 Å². The molecule has 0 saturated heterocycles. The van der Waals surface area contributed by atoms with Crippen LogP contribution in [0.15, 0.2) is 35.9 Å². The zero-order valence-corrected chi connectivity index (χ0v) is 10.2. The average molecular weight is 253 g/mol. The molecule has 0 spiro atoms. The Labute approximate surface area is 98.7 Å². The fraction of sp³-hybridized carbons (Fsp3) is 0.273. The van der Waals surface area contributed by atoms with Gasteiger partial charge in [0.15, 0.2) is 0 Å². The van der Waals surface area contributed by atoms with E-state index in [-0.39, 0.29) is 5.69 Å². The molecule has 1 aliphatic heterocycles. The molecule has 0 aromatic heterocycles. The van der Waals surface area contributed by atoms with Crippen LogP contribution in [0.5, 0.6) is 5.75 Å². The Bertz CT molecular complexity index is 538. The molecule has 0 aliphatic carbocycles. The van der Waals surface area contributed by atoms with Crippen LogP contribution in [0.1, 0.15) is 6.92 Å². The van der Waals surface area contributed by atoms with E-state index < -0.39 is 12.3 Å². The zero-order valence-electron chi connectivity index (χ0n) is 9.33. The summed E-state index contributed by atoms with van der Waals surface area (Å²) in [4.78, 5) is 10.1. The summed E-state index contributed by atoms with van der Waals surface area (Å²) in [5.41, 5.74) is 0.983. The predicted molar refractivity (Wildman–Crippen MR) is 64.8 cm³/mol. The lowest BCUT2D eigenvalue weighted by atomic mass is 10.3. The van der Waals surface area contributed by atoms with E-state index in [4.69, 9.17) is 4.52 Å². The quantitative estimate of drug-likeness (QED) is 0.359. The van der Waals surface area contributed by atoms with Gasteiger partial charge in [-0.3, -0.25) is 14.7 Å². The molecule has 5 nitrogen and oxygen atoms in total. The van der Waals surface area contributed by atoms with Crippen LogP contribution in [0.2, 0.25) is 0 Å². The van der Waals surface area contributed by atoms with Gasteiger partial charge in [-0.05, 0) is 13.0 Å². The van der Waals surface area contributed by atoms with E-state index in [0.29, 0.717) is 18.1 Å². The van der Waals surface area contributed by atoms with E-state index in [9.17, 15) is 14.7 Å². The van der Waals surface area contributed by atoms with Crippen molar-refractivity contribution in [3.05, 3.63) is 46.0 Å². The van der Waals surface area contributed by atoms with E-state index in [0.717, 1.165) is 5.57 Å². The van der Waals surface area contributed by atoms with E-state index in [1.54, 1.807) is 6.07 Å². The van der Waals surface area contributed by atoms with Crippen molar-refractivity contribution in [1.82, 2.24) is 0 Å². The third-order valence-electron chi connectivity index (χ3n) is 2.51. The average Bonchev–Trinajstić information content (AvgIpc) is 2.58. The smallest absolute Gasteiger partial charge is 0.273 e. The van der Waals surface area contributed by atoms with Crippen LogP contribution in [-0.2, 0) is 4.57 Å². The van der Waals surface area contributed by atoms with E-state index in [1.807, 2.05) is 13.0 Å². The summed E-state index contributed by atoms with van der Waals surface area (Å²) in [5, 5.41) is 10.6. The van der Waals surface area contributed by atoms with Crippen molar-refractivity contribution >= 4 is 13.1 Å². The van der Waals surface area contributed by atoms with Crippen LogP contribution in [0.4, 0.5) is 5.69 Å². The standard InChI is InChI=1S/C11H12NO4P/c1-9-5-6-17(15,8-9)16-11-4-2-3-10(7-11)12(13)14/h2-5,7H,6,8H2,1H3. The highest BCUT2D eigenvalue weighted by Gasteiger charge is 2.29. The number of nitrogens with zero attached hydrogens (tertiary/aromatic N) is 1. The second-order valence-electron chi connectivity index (χ2n) is 4.05. The maximum atomic E-state index is 12.2. The first-order chi connectivity index (χ1) is 7.98. The van der Waals surface area contributed by atoms with Crippen LogP contribution in [-0.4, -0.2) is 17.2 Å². The predicted octanol–water partition coefficient (Wildman–Crippen LogP) is 3.21. The summed E-state index contributed by atoms with van der Waals surface area (Å²) in [6.07, 6.45) is 2.72. The third-order valence-corrected chi connectivity index (χ3v) is 4.77. The molecule has 1 atom stereocenters. The van der Waals surface area contributed by atoms with E-state index in [2.05, 4.69) is 0 Å². The van der Waals surface area contributed by atoms with Crippen LogP contribution < -0.4 is 4.52 Å². The topological polar surface area (TPSA) is 69.4 Å². The fourth-order valence-corrected chi connectivity index (χ4v) is 3.96. The van der Waals surface area contributed by atoms with Crippen molar-refractivity contribution in [2.45, 2.75) is 6.92 Å². The lowest BCUT2D eigenvalue weighted by molar-refractivity contribution is -0.384. The number of non-ortho nitro benzene ring substituents is 1. The minimum atomic E-state index is -2.71. The molecule has 0 amide bonds. The lowest BCUT2D eigenvalue weighted by Gasteiger charge is -2.13. The van der Waals surface area contributed by atoms with Gasteiger partial charge in [0.1, 0.15) is 5.75 Å². The molecular formula is C11H12NO4P. The Morgan fingerprint density at radius 3 is 2.82 bits per heavy atom. The molecule has 1 aromatic carbocycles. The van der Waals surface area contributed by atoms with Gasteiger partial charge in [-0.25, -0.2) is 0 Å². The molecule has 1 heterocycles. The largest absolute Gasteiger partial charge is 0.442 e. The minimum absolute atomic E-state index is 0.0574. The molecular weight excluding hydrogens is 241 g/mol. The molecule has 0 saturated carbocycles. The summed E-state index contributed by atoms with van der Waals surface area (Å²) in [6.45, 7) is 1.90. The van der Waals surface area contributed by atoms with Gasteiger partial charge in [-0.15, -0.1) is 0 Å². The zero-order chi connectivity index (χ0) is 12.5. The summed E-state index contributed by atoms with van der Waals surface area (Å²) in [7, 11) is -2.71. The Morgan fingerprint density at radius 1 is 1.47 bits per heavy atom. The summed E-state index contributed by atoms with van der Waals surface area (Å²) < 4.78 is 17.7. The van der Waals surface area contributed by atoms with Crippen LogP contribution in [0.25, 0.3) is 0 Å². The monoisotopic (exact) mass is 253 g/mol.